The maximum atomic E-state index is 11.2. The SMILES string of the molecule is CC(C)CN(CC(N)=O)CC(C)C(=O)NN. The highest BCUT2D eigenvalue weighted by atomic mass is 16.2. The number of hydrogen-bond acceptors (Lipinski definition) is 4. The van der Waals surface area contributed by atoms with E-state index in [2.05, 4.69) is 5.43 Å². The maximum Gasteiger partial charge on any atom is 0.237 e. The summed E-state index contributed by atoms with van der Waals surface area (Å²) in [6, 6.07) is 0. The molecule has 0 aromatic rings. The highest BCUT2D eigenvalue weighted by Gasteiger charge is 2.18. The van der Waals surface area contributed by atoms with E-state index in [1.54, 1.807) is 6.92 Å². The van der Waals surface area contributed by atoms with Crippen molar-refractivity contribution in [2.24, 2.45) is 23.4 Å². The number of nitrogens with one attached hydrogen (secondary N) is 1. The van der Waals surface area contributed by atoms with E-state index < -0.39 is 0 Å². The largest absolute Gasteiger partial charge is 0.369 e. The Balaban J connectivity index is 4.29. The lowest BCUT2D eigenvalue weighted by Gasteiger charge is -2.25. The van der Waals surface area contributed by atoms with Gasteiger partial charge in [0.25, 0.3) is 0 Å². The predicted molar refractivity (Wildman–Crippen MR) is 62.0 cm³/mol. The molecule has 0 fully saturated rings. The summed E-state index contributed by atoms with van der Waals surface area (Å²) in [6.45, 7) is 7.22. The van der Waals surface area contributed by atoms with Crippen LogP contribution in [0.5, 0.6) is 0 Å². The minimum absolute atomic E-state index is 0.167. The predicted octanol–water partition coefficient (Wildman–Crippen LogP) is -0.944. The van der Waals surface area contributed by atoms with Crippen molar-refractivity contribution in [2.75, 3.05) is 19.6 Å². The van der Waals surface area contributed by atoms with E-state index in [1.807, 2.05) is 18.7 Å². The number of nitrogens with zero attached hydrogens (tertiary/aromatic N) is 1. The van der Waals surface area contributed by atoms with Crippen molar-refractivity contribution in [3.8, 4) is 0 Å². The summed E-state index contributed by atoms with van der Waals surface area (Å²) < 4.78 is 0. The molecular formula is C10H22N4O2. The van der Waals surface area contributed by atoms with Gasteiger partial charge in [-0.2, -0.15) is 0 Å². The third-order valence-corrected chi connectivity index (χ3v) is 2.12. The number of nitrogens with two attached hydrogens (primary N) is 2. The fourth-order valence-corrected chi connectivity index (χ4v) is 1.55. The molecule has 0 saturated carbocycles. The third kappa shape index (κ3) is 6.36. The molecule has 0 radical (unpaired) electrons. The zero-order valence-electron chi connectivity index (χ0n) is 10.2. The van der Waals surface area contributed by atoms with Gasteiger partial charge < -0.3 is 5.73 Å². The first-order chi connectivity index (χ1) is 7.36. The molecular weight excluding hydrogens is 208 g/mol. The van der Waals surface area contributed by atoms with Crippen molar-refractivity contribution >= 4 is 11.8 Å². The Morgan fingerprint density at radius 3 is 2.19 bits per heavy atom. The molecule has 16 heavy (non-hydrogen) atoms. The molecule has 0 spiro atoms. The quantitative estimate of drug-likeness (QED) is 0.298. The Kier molecular flexibility index (Phi) is 6.67. The summed E-state index contributed by atoms with van der Waals surface area (Å²) in [6.07, 6.45) is 0. The number of carbonyl (C=O) groups excluding carboxylic acids is 2. The molecule has 0 bridgehead atoms. The van der Waals surface area contributed by atoms with Crippen LogP contribution in [0.3, 0.4) is 0 Å². The van der Waals surface area contributed by atoms with E-state index in [0.29, 0.717) is 12.5 Å². The molecule has 1 unspecified atom stereocenters. The number of hydrazine groups is 1. The van der Waals surface area contributed by atoms with Crippen molar-refractivity contribution in [1.82, 2.24) is 10.3 Å². The van der Waals surface area contributed by atoms with Gasteiger partial charge in [0.15, 0.2) is 0 Å². The molecule has 0 rings (SSSR count). The van der Waals surface area contributed by atoms with Crippen molar-refractivity contribution in [3.63, 3.8) is 0 Å². The second kappa shape index (κ2) is 7.19. The van der Waals surface area contributed by atoms with Crippen LogP contribution in [0.25, 0.3) is 0 Å². The van der Waals surface area contributed by atoms with Gasteiger partial charge in [-0.25, -0.2) is 5.84 Å². The zero-order valence-corrected chi connectivity index (χ0v) is 10.2. The van der Waals surface area contributed by atoms with Gasteiger partial charge in [0.05, 0.1) is 6.54 Å². The Morgan fingerprint density at radius 2 is 1.81 bits per heavy atom. The summed E-state index contributed by atoms with van der Waals surface area (Å²) >= 11 is 0. The first kappa shape index (κ1) is 14.9. The van der Waals surface area contributed by atoms with Crippen molar-refractivity contribution < 1.29 is 9.59 Å². The topological polar surface area (TPSA) is 101 Å². The lowest BCUT2D eigenvalue weighted by molar-refractivity contribution is -0.126. The van der Waals surface area contributed by atoms with Gasteiger partial charge in [0.2, 0.25) is 11.8 Å². The van der Waals surface area contributed by atoms with Gasteiger partial charge in [-0.15, -0.1) is 0 Å². The highest BCUT2D eigenvalue weighted by molar-refractivity contribution is 5.78. The molecule has 0 aliphatic heterocycles. The molecule has 6 heteroatoms. The normalized spacial score (nSPS) is 12.9. The van der Waals surface area contributed by atoms with Gasteiger partial charge in [0.1, 0.15) is 0 Å². The molecule has 0 aromatic heterocycles. The second-order valence-electron chi connectivity index (χ2n) is 4.46. The Bertz CT molecular complexity index is 243. The first-order valence-corrected chi connectivity index (χ1v) is 5.38. The number of rotatable bonds is 7. The Hall–Kier alpha value is -1.14. The lowest BCUT2D eigenvalue weighted by atomic mass is 10.1. The molecule has 94 valence electrons. The van der Waals surface area contributed by atoms with E-state index in [9.17, 15) is 9.59 Å². The Morgan fingerprint density at radius 1 is 1.25 bits per heavy atom. The van der Waals surface area contributed by atoms with Gasteiger partial charge in [-0.05, 0) is 5.92 Å². The fourth-order valence-electron chi connectivity index (χ4n) is 1.55. The molecule has 2 amide bonds. The molecule has 6 nitrogen and oxygen atoms in total. The van der Waals surface area contributed by atoms with Crippen molar-refractivity contribution in [1.29, 1.82) is 0 Å². The minimum Gasteiger partial charge on any atom is -0.369 e. The van der Waals surface area contributed by atoms with E-state index in [4.69, 9.17) is 11.6 Å². The molecule has 5 N–H and O–H groups in total. The van der Waals surface area contributed by atoms with Crippen LogP contribution in [0.1, 0.15) is 20.8 Å². The smallest absolute Gasteiger partial charge is 0.237 e. The summed E-state index contributed by atoms with van der Waals surface area (Å²) in [7, 11) is 0. The average molecular weight is 230 g/mol. The molecule has 0 heterocycles. The van der Waals surface area contributed by atoms with Crippen LogP contribution in [0, 0.1) is 11.8 Å². The summed E-state index contributed by atoms with van der Waals surface area (Å²) in [4.78, 5) is 24.0. The first-order valence-electron chi connectivity index (χ1n) is 5.38. The minimum atomic E-state index is -0.388. The number of hydrogen-bond donors (Lipinski definition) is 3. The maximum absolute atomic E-state index is 11.2. The van der Waals surface area contributed by atoms with Crippen LogP contribution < -0.4 is 17.0 Å². The summed E-state index contributed by atoms with van der Waals surface area (Å²) in [5.41, 5.74) is 7.24. The third-order valence-electron chi connectivity index (χ3n) is 2.12. The van der Waals surface area contributed by atoms with Gasteiger partial charge >= 0.3 is 0 Å². The van der Waals surface area contributed by atoms with Crippen LogP contribution >= 0.6 is 0 Å². The highest BCUT2D eigenvalue weighted by Crippen LogP contribution is 2.03. The van der Waals surface area contributed by atoms with E-state index in [0.717, 1.165) is 6.54 Å². The van der Waals surface area contributed by atoms with Crippen LogP contribution in [-0.2, 0) is 9.59 Å². The van der Waals surface area contributed by atoms with E-state index >= 15 is 0 Å². The van der Waals surface area contributed by atoms with Crippen LogP contribution in [-0.4, -0.2) is 36.3 Å². The number of carbonyl (C=O) groups is 2. The Labute approximate surface area is 96.3 Å². The molecule has 0 aromatic carbocycles. The monoisotopic (exact) mass is 230 g/mol. The second-order valence-corrected chi connectivity index (χ2v) is 4.46. The summed E-state index contributed by atoms with van der Waals surface area (Å²) in [5.74, 6) is 4.56. The van der Waals surface area contributed by atoms with Crippen LogP contribution in [0.15, 0.2) is 0 Å². The standard InChI is InChI=1S/C10H22N4O2/c1-7(2)4-14(6-9(11)15)5-8(3)10(16)13-12/h7-8H,4-6,12H2,1-3H3,(H2,11,15)(H,13,16). The van der Waals surface area contributed by atoms with Crippen molar-refractivity contribution in [3.05, 3.63) is 0 Å². The molecule has 0 aliphatic carbocycles. The molecule has 0 aliphatic rings. The lowest BCUT2D eigenvalue weighted by Crippen LogP contribution is -2.44. The number of amides is 2. The van der Waals surface area contributed by atoms with E-state index in [1.165, 1.54) is 0 Å². The van der Waals surface area contributed by atoms with Gasteiger partial charge in [-0.3, -0.25) is 19.9 Å². The van der Waals surface area contributed by atoms with Crippen LogP contribution in [0.4, 0.5) is 0 Å². The molecule has 1 atom stereocenters. The van der Waals surface area contributed by atoms with Gasteiger partial charge in [-0.1, -0.05) is 20.8 Å². The molecule has 0 saturated heterocycles. The van der Waals surface area contributed by atoms with Crippen molar-refractivity contribution in [2.45, 2.75) is 20.8 Å². The fraction of sp³-hybridized carbons (Fsp3) is 0.800. The van der Waals surface area contributed by atoms with Crippen LogP contribution in [0.2, 0.25) is 0 Å². The zero-order chi connectivity index (χ0) is 12.7. The van der Waals surface area contributed by atoms with E-state index in [-0.39, 0.29) is 24.3 Å². The van der Waals surface area contributed by atoms with Gasteiger partial charge in [0, 0.05) is 19.0 Å². The average Bonchev–Trinajstić information content (AvgIpc) is 2.14. The summed E-state index contributed by atoms with van der Waals surface area (Å²) in [5, 5.41) is 0. The number of primary amides is 1.